The van der Waals surface area contributed by atoms with Gasteiger partial charge in [0.15, 0.2) is 0 Å². The van der Waals surface area contributed by atoms with Crippen LogP contribution in [0, 0.1) is 0 Å². The van der Waals surface area contributed by atoms with Gasteiger partial charge in [-0.3, -0.25) is 4.98 Å². The third-order valence-electron chi connectivity index (χ3n) is 3.13. The number of nitrogens with zero attached hydrogens (tertiary/aromatic N) is 1. The second-order valence-electron chi connectivity index (χ2n) is 4.40. The average Bonchev–Trinajstić information content (AvgIpc) is 2.49. The van der Waals surface area contributed by atoms with Crippen LogP contribution in [0.1, 0.15) is 17.0 Å². The highest BCUT2D eigenvalue weighted by molar-refractivity contribution is 5.46. The van der Waals surface area contributed by atoms with Gasteiger partial charge in [-0.2, -0.15) is 0 Å². The number of rotatable bonds is 5. The first-order chi connectivity index (χ1) is 9.67. The lowest BCUT2D eigenvalue weighted by atomic mass is 10.1. The van der Waals surface area contributed by atoms with E-state index in [0.717, 1.165) is 28.5 Å². The summed E-state index contributed by atoms with van der Waals surface area (Å²) in [5.74, 6) is 1.54. The van der Waals surface area contributed by atoms with Gasteiger partial charge in [0.1, 0.15) is 11.5 Å². The van der Waals surface area contributed by atoms with Gasteiger partial charge in [-0.15, -0.1) is 0 Å². The molecule has 0 spiro atoms. The van der Waals surface area contributed by atoms with Crippen molar-refractivity contribution in [3.8, 4) is 11.5 Å². The third-order valence-corrected chi connectivity index (χ3v) is 3.13. The summed E-state index contributed by atoms with van der Waals surface area (Å²) in [4.78, 5) is 4.47. The zero-order valence-corrected chi connectivity index (χ0v) is 11.7. The van der Waals surface area contributed by atoms with Crippen molar-refractivity contribution in [3.63, 3.8) is 0 Å². The van der Waals surface area contributed by atoms with Gasteiger partial charge in [0.2, 0.25) is 0 Å². The summed E-state index contributed by atoms with van der Waals surface area (Å²) in [6.07, 6.45) is 0.653. The number of benzene rings is 1. The van der Waals surface area contributed by atoms with Crippen molar-refractivity contribution in [1.29, 1.82) is 0 Å². The molecule has 1 aromatic carbocycles. The minimum absolute atomic E-state index is 0.333. The molecule has 0 fully saturated rings. The van der Waals surface area contributed by atoms with Crippen LogP contribution in [0.3, 0.4) is 0 Å². The van der Waals surface area contributed by atoms with Crippen LogP contribution in [0.5, 0.6) is 11.5 Å². The van der Waals surface area contributed by atoms with Gasteiger partial charge in [-0.05, 0) is 18.2 Å². The summed E-state index contributed by atoms with van der Waals surface area (Å²) in [7, 11) is 3.27. The van der Waals surface area contributed by atoms with E-state index in [4.69, 9.17) is 20.9 Å². The Balaban J connectivity index is 2.29. The largest absolute Gasteiger partial charge is 0.497 e. The molecule has 106 valence electrons. The molecule has 0 bridgehead atoms. The van der Waals surface area contributed by atoms with Gasteiger partial charge in [0.05, 0.1) is 25.6 Å². The van der Waals surface area contributed by atoms with Crippen LogP contribution in [0.2, 0.25) is 0 Å². The number of nitrogen functional groups attached to an aromatic ring is 1. The van der Waals surface area contributed by atoms with Crippen molar-refractivity contribution in [2.24, 2.45) is 5.73 Å². The molecule has 20 heavy (non-hydrogen) atoms. The van der Waals surface area contributed by atoms with Crippen LogP contribution in [0.15, 0.2) is 30.3 Å². The van der Waals surface area contributed by atoms with E-state index in [2.05, 4.69) is 4.98 Å². The maximum absolute atomic E-state index is 5.80. The minimum Gasteiger partial charge on any atom is -0.497 e. The summed E-state index contributed by atoms with van der Waals surface area (Å²) in [5.41, 5.74) is 14.7. The number of ether oxygens (including phenoxy) is 2. The van der Waals surface area contributed by atoms with Gasteiger partial charge in [0.25, 0.3) is 0 Å². The molecule has 0 unspecified atom stereocenters. The fraction of sp³-hybridized carbons (Fsp3) is 0.267. The summed E-state index contributed by atoms with van der Waals surface area (Å²) >= 11 is 0. The Morgan fingerprint density at radius 3 is 2.55 bits per heavy atom. The number of hydrogen-bond donors (Lipinski definition) is 2. The predicted molar refractivity (Wildman–Crippen MR) is 78.9 cm³/mol. The van der Waals surface area contributed by atoms with E-state index in [0.29, 0.717) is 18.7 Å². The Bertz CT molecular complexity index is 600. The molecule has 1 heterocycles. The molecular weight excluding hydrogens is 254 g/mol. The average molecular weight is 273 g/mol. The first-order valence-corrected chi connectivity index (χ1v) is 6.33. The van der Waals surface area contributed by atoms with E-state index in [-0.39, 0.29) is 0 Å². The normalized spacial score (nSPS) is 10.3. The molecule has 0 saturated carbocycles. The highest BCUT2D eigenvalue weighted by Crippen LogP contribution is 2.26. The highest BCUT2D eigenvalue weighted by Gasteiger charge is 2.08. The molecule has 5 heteroatoms. The Kier molecular flexibility index (Phi) is 4.42. The molecule has 2 rings (SSSR count). The summed E-state index contributed by atoms with van der Waals surface area (Å²) in [6, 6.07) is 9.46. The monoisotopic (exact) mass is 273 g/mol. The Morgan fingerprint density at radius 1 is 1.10 bits per heavy atom. The van der Waals surface area contributed by atoms with Crippen molar-refractivity contribution in [3.05, 3.63) is 47.3 Å². The van der Waals surface area contributed by atoms with Crippen LogP contribution in [-0.2, 0) is 13.0 Å². The number of hydrogen-bond acceptors (Lipinski definition) is 5. The minimum atomic E-state index is 0.333. The van der Waals surface area contributed by atoms with Crippen LogP contribution < -0.4 is 20.9 Å². The lowest BCUT2D eigenvalue weighted by molar-refractivity contribution is 0.391. The maximum Gasteiger partial charge on any atom is 0.126 e. The topological polar surface area (TPSA) is 83.4 Å². The number of nitrogens with two attached hydrogens (primary N) is 2. The zero-order valence-electron chi connectivity index (χ0n) is 11.7. The molecule has 0 aliphatic rings. The molecule has 5 nitrogen and oxygen atoms in total. The van der Waals surface area contributed by atoms with E-state index in [1.165, 1.54) is 0 Å². The van der Waals surface area contributed by atoms with Crippen molar-refractivity contribution in [2.45, 2.75) is 13.0 Å². The second kappa shape index (κ2) is 6.25. The third kappa shape index (κ3) is 3.00. The summed E-state index contributed by atoms with van der Waals surface area (Å²) < 4.78 is 10.6. The number of anilines is 1. The first-order valence-electron chi connectivity index (χ1n) is 6.33. The van der Waals surface area contributed by atoms with Crippen LogP contribution in [0.25, 0.3) is 0 Å². The van der Waals surface area contributed by atoms with Crippen molar-refractivity contribution in [1.82, 2.24) is 4.98 Å². The second-order valence-corrected chi connectivity index (χ2v) is 4.40. The van der Waals surface area contributed by atoms with Gasteiger partial charge in [0, 0.05) is 30.3 Å². The van der Waals surface area contributed by atoms with Gasteiger partial charge >= 0.3 is 0 Å². The standard InChI is InChI=1S/C15H19N3O2/c1-19-12-5-3-10(15(8-12)20-2)7-11-4-6-13(17)14(9-16)18-11/h3-6,8H,7,9,16-17H2,1-2H3. The van der Waals surface area contributed by atoms with Crippen molar-refractivity contribution in [2.75, 3.05) is 20.0 Å². The number of aromatic nitrogens is 1. The fourth-order valence-corrected chi connectivity index (χ4v) is 2.01. The smallest absolute Gasteiger partial charge is 0.126 e. The molecule has 1 aromatic heterocycles. The van der Waals surface area contributed by atoms with Crippen LogP contribution in [-0.4, -0.2) is 19.2 Å². The molecule has 0 saturated heterocycles. The predicted octanol–water partition coefficient (Wildman–Crippen LogP) is 1.73. The van der Waals surface area contributed by atoms with E-state index < -0.39 is 0 Å². The molecule has 0 amide bonds. The molecule has 0 radical (unpaired) electrons. The van der Waals surface area contributed by atoms with Crippen LogP contribution in [0.4, 0.5) is 5.69 Å². The Labute approximate surface area is 118 Å². The lowest BCUT2D eigenvalue weighted by Gasteiger charge is -2.11. The molecular formula is C15H19N3O2. The van der Waals surface area contributed by atoms with Gasteiger partial charge in [-0.25, -0.2) is 0 Å². The lowest BCUT2D eigenvalue weighted by Crippen LogP contribution is -2.07. The van der Waals surface area contributed by atoms with Crippen molar-refractivity contribution >= 4 is 5.69 Å². The molecule has 0 aliphatic heterocycles. The summed E-state index contributed by atoms with van der Waals surface area (Å²) in [6.45, 7) is 0.333. The fourth-order valence-electron chi connectivity index (χ4n) is 2.01. The number of methoxy groups -OCH3 is 2. The Morgan fingerprint density at radius 2 is 1.90 bits per heavy atom. The summed E-state index contributed by atoms with van der Waals surface area (Å²) in [5, 5.41) is 0. The maximum atomic E-state index is 5.80. The number of pyridine rings is 1. The highest BCUT2D eigenvalue weighted by atomic mass is 16.5. The first kappa shape index (κ1) is 14.1. The van der Waals surface area contributed by atoms with Gasteiger partial charge in [-0.1, -0.05) is 6.07 Å². The SMILES string of the molecule is COc1ccc(Cc2ccc(N)c(CN)n2)c(OC)c1. The van der Waals surface area contributed by atoms with E-state index in [1.54, 1.807) is 14.2 Å². The molecule has 0 atom stereocenters. The van der Waals surface area contributed by atoms with E-state index in [1.807, 2.05) is 30.3 Å². The molecule has 4 N–H and O–H groups in total. The van der Waals surface area contributed by atoms with Gasteiger partial charge < -0.3 is 20.9 Å². The molecule has 2 aromatic rings. The quantitative estimate of drug-likeness (QED) is 0.866. The zero-order chi connectivity index (χ0) is 14.5. The van der Waals surface area contributed by atoms with E-state index in [9.17, 15) is 0 Å². The Hall–Kier alpha value is -2.27. The van der Waals surface area contributed by atoms with Crippen molar-refractivity contribution < 1.29 is 9.47 Å². The van der Waals surface area contributed by atoms with Crippen LogP contribution >= 0.6 is 0 Å². The van der Waals surface area contributed by atoms with E-state index >= 15 is 0 Å². The molecule has 0 aliphatic carbocycles.